The summed E-state index contributed by atoms with van der Waals surface area (Å²) < 4.78 is 9.52. The van der Waals surface area contributed by atoms with Crippen molar-refractivity contribution in [2.75, 3.05) is 20.0 Å². The van der Waals surface area contributed by atoms with E-state index >= 15 is 0 Å². The first-order valence-corrected chi connectivity index (χ1v) is 8.31. The van der Waals surface area contributed by atoms with Crippen molar-refractivity contribution in [1.29, 1.82) is 5.26 Å². The molecule has 0 saturated carbocycles. The van der Waals surface area contributed by atoms with Crippen molar-refractivity contribution in [1.82, 2.24) is 10.3 Å². The van der Waals surface area contributed by atoms with Crippen molar-refractivity contribution >= 4 is 23.7 Å². The lowest BCUT2D eigenvalue weighted by molar-refractivity contribution is -0.138. The molecule has 25 heavy (non-hydrogen) atoms. The van der Waals surface area contributed by atoms with Crippen LogP contribution < -0.4 is 5.32 Å². The highest BCUT2D eigenvalue weighted by molar-refractivity contribution is 8.03. The number of ether oxygens (including phenoxy) is 2. The van der Waals surface area contributed by atoms with Gasteiger partial charge in [-0.15, -0.1) is 0 Å². The number of carbonyl (C=O) groups is 2. The van der Waals surface area contributed by atoms with E-state index in [-0.39, 0.29) is 5.75 Å². The predicted octanol–water partition coefficient (Wildman–Crippen LogP) is 1.86. The van der Waals surface area contributed by atoms with Crippen LogP contribution >= 0.6 is 11.8 Å². The molecule has 0 fully saturated rings. The zero-order valence-electron chi connectivity index (χ0n) is 14.0. The third-order valence-corrected chi connectivity index (χ3v) is 4.62. The SMILES string of the molecule is COC(=O)CSC1=C(C#N)C(c2cccnc2)C(C(=O)OC)=C(C)N1. The summed E-state index contributed by atoms with van der Waals surface area (Å²) in [5, 5.41) is 13.2. The van der Waals surface area contributed by atoms with Gasteiger partial charge in [0.2, 0.25) is 0 Å². The zero-order chi connectivity index (χ0) is 18.4. The second kappa shape index (κ2) is 8.35. The van der Waals surface area contributed by atoms with Gasteiger partial charge in [-0.1, -0.05) is 17.8 Å². The average molecular weight is 359 g/mol. The molecule has 1 aromatic heterocycles. The molecule has 1 aliphatic rings. The molecule has 0 aliphatic carbocycles. The Kier molecular flexibility index (Phi) is 6.19. The quantitative estimate of drug-likeness (QED) is 0.795. The number of pyridine rings is 1. The Morgan fingerprint density at radius 3 is 2.72 bits per heavy atom. The van der Waals surface area contributed by atoms with E-state index < -0.39 is 17.9 Å². The van der Waals surface area contributed by atoms with Crippen LogP contribution in [0.5, 0.6) is 0 Å². The number of esters is 2. The maximum atomic E-state index is 12.3. The highest BCUT2D eigenvalue weighted by atomic mass is 32.2. The lowest BCUT2D eigenvalue weighted by Crippen LogP contribution is -2.28. The van der Waals surface area contributed by atoms with Gasteiger partial charge in [-0.25, -0.2) is 4.79 Å². The lowest BCUT2D eigenvalue weighted by Gasteiger charge is -2.28. The normalized spacial score (nSPS) is 16.8. The molecule has 2 rings (SSSR count). The fraction of sp³-hybridized carbons (Fsp3) is 0.294. The number of nitriles is 1. The van der Waals surface area contributed by atoms with Crippen LogP contribution in [0, 0.1) is 11.3 Å². The Labute approximate surface area is 149 Å². The number of carbonyl (C=O) groups excluding carboxylic acids is 2. The number of methoxy groups -OCH3 is 2. The van der Waals surface area contributed by atoms with Crippen LogP contribution in [0.15, 0.2) is 46.4 Å². The van der Waals surface area contributed by atoms with Crippen LogP contribution in [0.1, 0.15) is 18.4 Å². The topological polar surface area (TPSA) is 101 Å². The van der Waals surface area contributed by atoms with Crippen molar-refractivity contribution in [3.63, 3.8) is 0 Å². The van der Waals surface area contributed by atoms with E-state index in [9.17, 15) is 14.9 Å². The van der Waals surface area contributed by atoms with Crippen LogP contribution in [0.4, 0.5) is 0 Å². The van der Waals surface area contributed by atoms with E-state index in [1.165, 1.54) is 14.2 Å². The fourth-order valence-electron chi connectivity index (χ4n) is 2.48. The highest BCUT2D eigenvalue weighted by Gasteiger charge is 2.35. The molecular formula is C17H17N3O4S. The molecule has 1 aromatic rings. The molecule has 0 bridgehead atoms. The molecule has 0 aromatic carbocycles. The Morgan fingerprint density at radius 1 is 1.40 bits per heavy atom. The zero-order valence-corrected chi connectivity index (χ0v) is 14.8. The Bertz CT molecular complexity index is 781. The highest BCUT2D eigenvalue weighted by Crippen LogP contribution is 2.40. The summed E-state index contributed by atoms with van der Waals surface area (Å²) >= 11 is 1.15. The smallest absolute Gasteiger partial charge is 0.336 e. The van der Waals surface area contributed by atoms with Gasteiger partial charge in [0.25, 0.3) is 0 Å². The molecule has 0 amide bonds. The van der Waals surface area contributed by atoms with Gasteiger partial charge >= 0.3 is 11.9 Å². The van der Waals surface area contributed by atoms with Gasteiger partial charge in [-0.3, -0.25) is 9.78 Å². The van der Waals surface area contributed by atoms with Crippen LogP contribution in [-0.2, 0) is 19.1 Å². The first kappa shape index (κ1) is 18.5. The second-order valence-corrected chi connectivity index (χ2v) is 6.08. The number of allylic oxidation sites excluding steroid dienone is 2. The summed E-state index contributed by atoms with van der Waals surface area (Å²) in [6.07, 6.45) is 3.22. The summed E-state index contributed by atoms with van der Waals surface area (Å²) in [6, 6.07) is 5.67. The third-order valence-electron chi connectivity index (χ3n) is 3.63. The predicted molar refractivity (Wildman–Crippen MR) is 91.9 cm³/mol. The molecule has 7 nitrogen and oxygen atoms in total. The molecule has 1 aliphatic heterocycles. The van der Waals surface area contributed by atoms with Crippen LogP contribution in [-0.4, -0.2) is 36.9 Å². The number of aromatic nitrogens is 1. The van der Waals surface area contributed by atoms with E-state index in [4.69, 9.17) is 4.74 Å². The number of nitrogens with zero attached hydrogens (tertiary/aromatic N) is 2. The van der Waals surface area contributed by atoms with Crippen LogP contribution in [0.25, 0.3) is 0 Å². The van der Waals surface area contributed by atoms with Gasteiger partial charge < -0.3 is 14.8 Å². The first-order chi connectivity index (χ1) is 12.0. The maximum absolute atomic E-state index is 12.3. The Hall–Kier alpha value is -2.79. The van der Waals surface area contributed by atoms with E-state index in [1.54, 1.807) is 31.5 Å². The molecule has 8 heteroatoms. The van der Waals surface area contributed by atoms with E-state index in [2.05, 4.69) is 21.1 Å². The largest absolute Gasteiger partial charge is 0.468 e. The molecule has 1 unspecified atom stereocenters. The third kappa shape index (κ3) is 4.00. The molecule has 0 radical (unpaired) electrons. The van der Waals surface area contributed by atoms with Crippen LogP contribution in [0.3, 0.4) is 0 Å². The van der Waals surface area contributed by atoms with Crippen molar-refractivity contribution in [2.45, 2.75) is 12.8 Å². The minimum Gasteiger partial charge on any atom is -0.468 e. The molecule has 2 heterocycles. The van der Waals surface area contributed by atoms with E-state index in [1.807, 2.05) is 0 Å². The standard InChI is InChI=1S/C17H17N3O4S/c1-10-14(17(22)24-3)15(11-5-4-6-19-8-11)12(7-18)16(20-10)25-9-13(21)23-2/h4-6,8,15,20H,9H2,1-3H3. The number of thioether (sulfide) groups is 1. The van der Waals surface area contributed by atoms with Gasteiger partial charge in [0, 0.05) is 18.1 Å². The van der Waals surface area contributed by atoms with Crippen LogP contribution in [0.2, 0.25) is 0 Å². The summed E-state index contributed by atoms with van der Waals surface area (Å²) in [4.78, 5) is 27.8. The number of dihydropyridines is 1. The molecule has 1 atom stereocenters. The van der Waals surface area contributed by atoms with Gasteiger partial charge in [0.15, 0.2) is 0 Å². The second-order valence-electron chi connectivity index (χ2n) is 5.09. The molecule has 130 valence electrons. The number of rotatable bonds is 5. The fourth-order valence-corrected chi connectivity index (χ4v) is 3.40. The number of hydrogen-bond acceptors (Lipinski definition) is 8. The average Bonchev–Trinajstić information content (AvgIpc) is 2.65. The molecule has 1 N–H and O–H groups in total. The minimum atomic E-state index is -0.618. The van der Waals surface area contributed by atoms with Crippen molar-refractivity contribution in [3.05, 3.63) is 52.0 Å². The number of nitrogens with one attached hydrogen (secondary N) is 1. The first-order valence-electron chi connectivity index (χ1n) is 7.33. The molecule has 0 spiro atoms. The minimum absolute atomic E-state index is 0.0462. The van der Waals surface area contributed by atoms with E-state index in [0.717, 1.165) is 11.8 Å². The summed E-state index contributed by atoms with van der Waals surface area (Å²) in [7, 11) is 2.59. The van der Waals surface area contributed by atoms with Gasteiger partial charge in [0.1, 0.15) is 0 Å². The maximum Gasteiger partial charge on any atom is 0.336 e. The van der Waals surface area contributed by atoms with Gasteiger partial charge in [-0.05, 0) is 18.6 Å². The van der Waals surface area contributed by atoms with Crippen molar-refractivity contribution in [3.8, 4) is 6.07 Å². The van der Waals surface area contributed by atoms with Crippen molar-refractivity contribution in [2.24, 2.45) is 0 Å². The monoisotopic (exact) mass is 359 g/mol. The Balaban J connectivity index is 2.52. The summed E-state index contributed by atoms with van der Waals surface area (Å²) in [5.74, 6) is -1.50. The van der Waals surface area contributed by atoms with Crippen molar-refractivity contribution < 1.29 is 19.1 Å². The Morgan fingerprint density at radius 2 is 2.16 bits per heavy atom. The van der Waals surface area contributed by atoms with Gasteiger partial charge in [0.05, 0.1) is 48.1 Å². The van der Waals surface area contributed by atoms with E-state index in [0.29, 0.717) is 27.4 Å². The molecule has 0 saturated heterocycles. The lowest BCUT2D eigenvalue weighted by atomic mass is 9.83. The molecular weight excluding hydrogens is 342 g/mol. The van der Waals surface area contributed by atoms with Gasteiger partial charge in [-0.2, -0.15) is 5.26 Å². The summed E-state index contributed by atoms with van der Waals surface area (Å²) in [6.45, 7) is 1.72. The summed E-state index contributed by atoms with van der Waals surface area (Å²) in [5.41, 5.74) is 1.92. The number of hydrogen-bond donors (Lipinski definition) is 1.